The number of hydrogen-bond donors (Lipinski definition) is 1. The molecule has 1 N–H and O–H groups in total. The maximum atomic E-state index is 12.2. The fourth-order valence-electron chi connectivity index (χ4n) is 1.68. The van der Waals surface area contributed by atoms with Crippen molar-refractivity contribution in [3.8, 4) is 5.75 Å². The van der Waals surface area contributed by atoms with Crippen molar-refractivity contribution in [1.29, 1.82) is 0 Å². The summed E-state index contributed by atoms with van der Waals surface area (Å²) in [6.07, 6.45) is 0.360. The van der Waals surface area contributed by atoms with Gasteiger partial charge in [0.1, 0.15) is 0 Å². The summed E-state index contributed by atoms with van der Waals surface area (Å²) in [5, 5.41) is 2.71. The number of esters is 1. The van der Waals surface area contributed by atoms with Crippen LogP contribution < -0.4 is 10.1 Å². The molecule has 0 saturated heterocycles. The minimum atomic E-state index is -0.446. The summed E-state index contributed by atoms with van der Waals surface area (Å²) in [5.74, 6) is -0.241. The number of halogens is 1. The van der Waals surface area contributed by atoms with E-state index in [0.717, 1.165) is 3.57 Å². The quantitative estimate of drug-likeness (QED) is 0.486. The van der Waals surface area contributed by atoms with E-state index in [1.54, 1.807) is 43.3 Å². The number of carbonyl (C=O) groups is 2. The number of para-hydroxylation sites is 2. The second-order valence-corrected chi connectivity index (χ2v) is 5.43. The predicted molar refractivity (Wildman–Crippen MR) is 89.5 cm³/mol. The number of amides is 1. The molecule has 0 aromatic heterocycles. The highest BCUT2D eigenvalue weighted by molar-refractivity contribution is 14.1. The summed E-state index contributed by atoms with van der Waals surface area (Å²) < 4.78 is 6.21. The van der Waals surface area contributed by atoms with Crippen LogP contribution in [0.3, 0.4) is 0 Å². The third-order valence-electron chi connectivity index (χ3n) is 2.78. The first-order valence-electron chi connectivity index (χ1n) is 6.47. The topological polar surface area (TPSA) is 55.4 Å². The summed E-state index contributed by atoms with van der Waals surface area (Å²) in [6, 6.07) is 14.1. The first-order chi connectivity index (χ1) is 10.1. The summed E-state index contributed by atoms with van der Waals surface area (Å²) in [4.78, 5) is 23.7. The van der Waals surface area contributed by atoms with Crippen molar-refractivity contribution >= 4 is 40.2 Å². The predicted octanol–water partition coefficient (Wildman–Crippen LogP) is 3.86. The average molecular weight is 395 g/mol. The molecule has 0 aliphatic rings. The van der Waals surface area contributed by atoms with E-state index in [0.29, 0.717) is 23.4 Å². The Labute approximate surface area is 136 Å². The van der Waals surface area contributed by atoms with Crippen LogP contribution in [-0.2, 0) is 4.79 Å². The minimum Gasteiger partial charge on any atom is -0.421 e. The zero-order chi connectivity index (χ0) is 15.2. The lowest BCUT2D eigenvalue weighted by Gasteiger charge is -2.11. The van der Waals surface area contributed by atoms with Gasteiger partial charge in [0.15, 0.2) is 5.75 Å². The van der Waals surface area contributed by atoms with Gasteiger partial charge in [0, 0.05) is 9.99 Å². The number of nitrogens with one attached hydrogen (secondary N) is 1. The number of rotatable bonds is 4. The molecular formula is C16H14INO3. The van der Waals surface area contributed by atoms with E-state index in [1.807, 2.05) is 12.1 Å². The summed E-state index contributed by atoms with van der Waals surface area (Å²) in [7, 11) is 0. The fraction of sp³-hybridized carbons (Fsp3) is 0.125. The Morgan fingerprint density at radius 1 is 1.10 bits per heavy atom. The van der Waals surface area contributed by atoms with Crippen LogP contribution in [0.25, 0.3) is 0 Å². The summed E-state index contributed by atoms with van der Waals surface area (Å²) in [6.45, 7) is 1.76. The van der Waals surface area contributed by atoms with Gasteiger partial charge < -0.3 is 10.1 Å². The highest BCUT2D eigenvalue weighted by Gasteiger charge is 2.14. The molecule has 2 aromatic carbocycles. The van der Waals surface area contributed by atoms with Gasteiger partial charge in [0.05, 0.1) is 11.3 Å². The lowest BCUT2D eigenvalue weighted by molar-refractivity contribution is -0.115. The van der Waals surface area contributed by atoms with Gasteiger partial charge in [-0.3, -0.25) is 4.79 Å². The second kappa shape index (κ2) is 7.21. The van der Waals surface area contributed by atoms with Gasteiger partial charge in [-0.2, -0.15) is 0 Å². The van der Waals surface area contributed by atoms with Crippen LogP contribution in [0.5, 0.6) is 5.75 Å². The van der Waals surface area contributed by atoms with E-state index in [1.165, 1.54) is 0 Å². The molecule has 0 heterocycles. The second-order valence-electron chi connectivity index (χ2n) is 4.27. The third-order valence-corrected chi connectivity index (χ3v) is 3.72. The molecule has 0 aliphatic heterocycles. The lowest BCUT2D eigenvalue weighted by atomic mass is 10.2. The molecule has 21 heavy (non-hydrogen) atoms. The van der Waals surface area contributed by atoms with Gasteiger partial charge in [-0.15, -0.1) is 0 Å². The van der Waals surface area contributed by atoms with Crippen molar-refractivity contribution in [2.24, 2.45) is 0 Å². The largest absolute Gasteiger partial charge is 0.421 e. The van der Waals surface area contributed by atoms with Crippen LogP contribution in [-0.4, -0.2) is 11.9 Å². The van der Waals surface area contributed by atoms with E-state index in [4.69, 9.17) is 4.74 Å². The number of ether oxygens (including phenoxy) is 1. The monoisotopic (exact) mass is 395 g/mol. The molecule has 0 radical (unpaired) electrons. The molecule has 0 spiro atoms. The van der Waals surface area contributed by atoms with Crippen LogP contribution in [0.2, 0.25) is 0 Å². The van der Waals surface area contributed by atoms with Crippen LogP contribution in [0.4, 0.5) is 5.69 Å². The fourth-order valence-corrected chi connectivity index (χ4v) is 2.29. The maximum absolute atomic E-state index is 12.2. The smallest absolute Gasteiger partial charge is 0.344 e. The van der Waals surface area contributed by atoms with Crippen LogP contribution >= 0.6 is 22.6 Å². The van der Waals surface area contributed by atoms with Crippen LogP contribution in [0.15, 0.2) is 48.5 Å². The highest BCUT2D eigenvalue weighted by Crippen LogP contribution is 2.25. The molecule has 0 aliphatic carbocycles. The number of hydrogen-bond acceptors (Lipinski definition) is 3. The van der Waals surface area contributed by atoms with Gasteiger partial charge in [0.25, 0.3) is 0 Å². The van der Waals surface area contributed by atoms with E-state index < -0.39 is 5.97 Å². The van der Waals surface area contributed by atoms with E-state index in [-0.39, 0.29) is 5.91 Å². The average Bonchev–Trinajstić information content (AvgIpc) is 2.49. The van der Waals surface area contributed by atoms with E-state index >= 15 is 0 Å². The molecule has 0 unspecified atom stereocenters. The molecular weight excluding hydrogens is 381 g/mol. The van der Waals surface area contributed by atoms with Gasteiger partial charge in [-0.05, 0) is 46.9 Å². The molecule has 0 saturated carbocycles. The highest BCUT2D eigenvalue weighted by atomic mass is 127. The van der Waals surface area contributed by atoms with Crippen LogP contribution in [0, 0.1) is 3.57 Å². The molecule has 0 fully saturated rings. The van der Waals surface area contributed by atoms with Crippen molar-refractivity contribution in [2.75, 3.05) is 5.32 Å². The molecule has 2 aromatic rings. The Balaban J connectivity index is 2.22. The van der Waals surface area contributed by atoms with Crippen molar-refractivity contribution in [3.63, 3.8) is 0 Å². The van der Waals surface area contributed by atoms with Crippen molar-refractivity contribution in [3.05, 3.63) is 57.7 Å². The number of anilines is 1. The standard InChI is InChI=1S/C16H14INO3/c1-2-15(19)18-13-9-5-6-10-14(13)21-16(20)11-7-3-4-8-12(11)17/h3-10H,2H2,1H3,(H,18,19). The Morgan fingerprint density at radius 3 is 2.48 bits per heavy atom. The zero-order valence-corrected chi connectivity index (χ0v) is 13.6. The Bertz CT molecular complexity index is 670. The van der Waals surface area contributed by atoms with Gasteiger partial charge in [-0.1, -0.05) is 31.2 Å². The first-order valence-corrected chi connectivity index (χ1v) is 7.55. The third kappa shape index (κ3) is 4.04. The van der Waals surface area contributed by atoms with Crippen molar-refractivity contribution in [1.82, 2.24) is 0 Å². The maximum Gasteiger partial charge on any atom is 0.344 e. The molecule has 1 amide bonds. The SMILES string of the molecule is CCC(=O)Nc1ccccc1OC(=O)c1ccccc1I. The molecule has 5 heteroatoms. The Hall–Kier alpha value is -1.89. The minimum absolute atomic E-state index is 0.132. The Kier molecular flexibility index (Phi) is 5.32. The molecule has 0 atom stereocenters. The van der Waals surface area contributed by atoms with E-state index in [9.17, 15) is 9.59 Å². The number of carbonyl (C=O) groups excluding carboxylic acids is 2. The van der Waals surface area contributed by atoms with Gasteiger partial charge >= 0.3 is 5.97 Å². The molecule has 0 bridgehead atoms. The molecule has 2 rings (SSSR count). The van der Waals surface area contributed by atoms with E-state index in [2.05, 4.69) is 27.9 Å². The summed E-state index contributed by atoms with van der Waals surface area (Å²) >= 11 is 2.08. The van der Waals surface area contributed by atoms with Crippen molar-refractivity contribution in [2.45, 2.75) is 13.3 Å². The normalized spacial score (nSPS) is 10.0. The van der Waals surface area contributed by atoms with Gasteiger partial charge in [0.2, 0.25) is 5.91 Å². The number of benzene rings is 2. The van der Waals surface area contributed by atoms with Crippen molar-refractivity contribution < 1.29 is 14.3 Å². The van der Waals surface area contributed by atoms with Gasteiger partial charge in [-0.25, -0.2) is 4.79 Å². The molecule has 108 valence electrons. The lowest BCUT2D eigenvalue weighted by Crippen LogP contribution is -2.14. The Morgan fingerprint density at radius 2 is 1.76 bits per heavy atom. The zero-order valence-electron chi connectivity index (χ0n) is 11.4. The summed E-state index contributed by atoms with van der Waals surface area (Å²) in [5.41, 5.74) is 0.985. The molecule has 4 nitrogen and oxygen atoms in total. The van der Waals surface area contributed by atoms with Crippen LogP contribution in [0.1, 0.15) is 23.7 Å². The first kappa shape index (κ1) is 15.5.